The summed E-state index contributed by atoms with van der Waals surface area (Å²) in [5.74, 6) is -0.0580. The molecule has 1 aliphatic rings. The molecule has 2 heterocycles. The summed E-state index contributed by atoms with van der Waals surface area (Å²) in [7, 11) is 0. The van der Waals surface area contributed by atoms with Crippen molar-refractivity contribution in [1.29, 1.82) is 0 Å². The number of nitrogens with one attached hydrogen (secondary N) is 2. The monoisotopic (exact) mass is 284 g/mol. The Morgan fingerprint density at radius 1 is 1.29 bits per heavy atom. The lowest BCUT2D eigenvalue weighted by atomic mass is 10.1. The van der Waals surface area contributed by atoms with Gasteiger partial charge in [-0.3, -0.25) is 14.9 Å². The predicted molar refractivity (Wildman–Crippen MR) is 78.5 cm³/mol. The normalized spacial score (nSPS) is 13.8. The molecule has 6 nitrogen and oxygen atoms in total. The molecule has 3 rings (SSSR count). The zero-order chi connectivity index (χ0) is 14.8. The van der Waals surface area contributed by atoms with Gasteiger partial charge in [0.1, 0.15) is 11.4 Å². The van der Waals surface area contributed by atoms with Crippen molar-refractivity contribution in [2.45, 2.75) is 19.8 Å². The first-order chi connectivity index (χ1) is 10.2. The maximum atomic E-state index is 12.1. The summed E-state index contributed by atoms with van der Waals surface area (Å²) in [5, 5.41) is 10.0. The number of anilines is 1. The molecule has 0 fully saturated rings. The Balaban J connectivity index is 2.13. The quantitative estimate of drug-likeness (QED) is 0.834. The van der Waals surface area contributed by atoms with Crippen LogP contribution in [0.25, 0.3) is 5.69 Å². The van der Waals surface area contributed by atoms with Gasteiger partial charge in [0, 0.05) is 6.54 Å². The third kappa shape index (κ3) is 2.40. The van der Waals surface area contributed by atoms with Crippen molar-refractivity contribution in [3.63, 3.8) is 0 Å². The van der Waals surface area contributed by atoms with E-state index in [1.165, 1.54) is 0 Å². The Kier molecular flexibility index (Phi) is 3.43. The van der Waals surface area contributed by atoms with Gasteiger partial charge in [-0.2, -0.15) is 5.10 Å². The average Bonchev–Trinajstić information content (AvgIpc) is 2.84. The zero-order valence-corrected chi connectivity index (χ0v) is 11.7. The van der Waals surface area contributed by atoms with Crippen LogP contribution in [0.15, 0.2) is 30.3 Å². The maximum absolute atomic E-state index is 12.1. The summed E-state index contributed by atoms with van der Waals surface area (Å²) in [6, 6.07) is 9.56. The lowest BCUT2D eigenvalue weighted by Crippen LogP contribution is -2.37. The molecule has 0 bridgehead atoms. The predicted octanol–water partition coefficient (Wildman–Crippen LogP) is 1.51. The van der Waals surface area contributed by atoms with Gasteiger partial charge < -0.3 is 5.32 Å². The largest absolute Gasteiger partial charge is 0.369 e. The topological polar surface area (TPSA) is 76.0 Å². The number of rotatable bonds is 4. The van der Waals surface area contributed by atoms with Crippen molar-refractivity contribution in [3.8, 4) is 5.69 Å². The number of amides is 2. The minimum atomic E-state index is -0.387. The lowest BCUT2D eigenvalue weighted by Gasteiger charge is -2.13. The molecule has 108 valence electrons. The number of para-hydroxylation sites is 1. The number of nitrogens with zero attached hydrogens (tertiary/aromatic N) is 2. The standard InChI is InChI=1S/C15H16N4O2/c1-2-8-16-14-13-11(9-12(20)17-15(13)21)18-19(14)10-6-4-3-5-7-10/h3-7,16H,2,8-9H2,1H3,(H,17,20,21). The van der Waals surface area contributed by atoms with E-state index in [4.69, 9.17) is 0 Å². The number of carbonyl (C=O) groups excluding carboxylic acids is 2. The van der Waals surface area contributed by atoms with E-state index in [1.807, 2.05) is 37.3 Å². The molecule has 2 N–H and O–H groups in total. The number of imide groups is 1. The van der Waals surface area contributed by atoms with E-state index in [2.05, 4.69) is 15.7 Å². The molecule has 1 aromatic heterocycles. The molecular weight excluding hydrogens is 268 g/mol. The number of carbonyl (C=O) groups is 2. The van der Waals surface area contributed by atoms with Crippen LogP contribution in [0.5, 0.6) is 0 Å². The molecule has 0 saturated heterocycles. The van der Waals surface area contributed by atoms with E-state index in [0.29, 0.717) is 17.1 Å². The van der Waals surface area contributed by atoms with Gasteiger partial charge in [-0.15, -0.1) is 0 Å². The number of fused-ring (bicyclic) bond motifs is 1. The summed E-state index contributed by atoms with van der Waals surface area (Å²) >= 11 is 0. The third-order valence-corrected chi connectivity index (χ3v) is 3.31. The number of hydrogen-bond acceptors (Lipinski definition) is 4. The van der Waals surface area contributed by atoms with Gasteiger partial charge in [-0.1, -0.05) is 25.1 Å². The molecule has 1 aromatic carbocycles. The van der Waals surface area contributed by atoms with Crippen LogP contribution in [-0.2, 0) is 11.2 Å². The fraction of sp³-hybridized carbons (Fsp3) is 0.267. The SMILES string of the molecule is CCCNc1c2c(nn1-c1ccccc1)CC(=O)NC2=O. The van der Waals surface area contributed by atoms with Crippen LogP contribution in [0.1, 0.15) is 29.4 Å². The summed E-state index contributed by atoms with van der Waals surface area (Å²) < 4.78 is 1.69. The second-order valence-corrected chi connectivity index (χ2v) is 4.90. The van der Waals surface area contributed by atoms with E-state index < -0.39 is 0 Å². The summed E-state index contributed by atoms with van der Waals surface area (Å²) in [5.41, 5.74) is 1.84. The van der Waals surface area contributed by atoms with Gasteiger partial charge in [0.15, 0.2) is 0 Å². The van der Waals surface area contributed by atoms with E-state index in [9.17, 15) is 9.59 Å². The van der Waals surface area contributed by atoms with Crippen molar-refractivity contribution in [2.75, 3.05) is 11.9 Å². The van der Waals surface area contributed by atoms with Crippen molar-refractivity contribution in [3.05, 3.63) is 41.6 Å². The highest BCUT2D eigenvalue weighted by Crippen LogP contribution is 2.26. The molecule has 0 radical (unpaired) electrons. The van der Waals surface area contributed by atoms with Gasteiger partial charge in [-0.05, 0) is 18.6 Å². The van der Waals surface area contributed by atoms with Crippen LogP contribution in [0.2, 0.25) is 0 Å². The second kappa shape index (κ2) is 5.40. The molecule has 0 spiro atoms. The molecule has 6 heteroatoms. The summed E-state index contributed by atoms with van der Waals surface area (Å²) in [6.07, 6.45) is 1.05. The maximum Gasteiger partial charge on any atom is 0.263 e. The van der Waals surface area contributed by atoms with Crippen LogP contribution in [0.4, 0.5) is 5.82 Å². The van der Waals surface area contributed by atoms with Crippen molar-refractivity contribution >= 4 is 17.6 Å². The van der Waals surface area contributed by atoms with Gasteiger partial charge in [0.25, 0.3) is 5.91 Å². The van der Waals surface area contributed by atoms with Crippen molar-refractivity contribution < 1.29 is 9.59 Å². The molecule has 21 heavy (non-hydrogen) atoms. The van der Waals surface area contributed by atoms with Crippen LogP contribution in [0, 0.1) is 0 Å². The lowest BCUT2D eigenvalue weighted by molar-refractivity contribution is -0.119. The molecule has 0 saturated carbocycles. The minimum absolute atomic E-state index is 0.127. The minimum Gasteiger partial charge on any atom is -0.369 e. The first kappa shape index (κ1) is 13.4. The summed E-state index contributed by atoms with van der Waals surface area (Å²) in [6.45, 7) is 2.78. The van der Waals surface area contributed by atoms with Gasteiger partial charge in [-0.25, -0.2) is 4.68 Å². The third-order valence-electron chi connectivity index (χ3n) is 3.31. The molecule has 2 amide bonds. The van der Waals surface area contributed by atoms with E-state index >= 15 is 0 Å². The van der Waals surface area contributed by atoms with E-state index in [0.717, 1.165) is 18.7 Å². The Hall–Kier alpha value is -2.63. The first-order valence-electron chi connectivity index (χ1n) is 6.96. The van der Waals surface area contributed by atoms with Gasteiger partial charge >= 0.3 is 0 Å². The Morgan fingerprint density at radius 2 is 2.05 bits per heavy atom. The fourth-order valence-electron chi connectivity index (χ4n) is 2.37. The Labute approximate surface area is 122 Å². The number of benzene rings is 1. The molecule has 1 aliphatic heterocycles. The average molecular weight is 284 g/mol. The molecule has 0 atom stereocenters. The van der Waals surface area contributed by atoms with Crippen LogP contribution in [-0.4, -0.2) is 28.1 Å². The highest BCUT2D eigenvalue weighted by molar-refractivity contribution is 6.12. The van der Waals surface area contributed by atoms with Crippen molar-refractivity contribution in [2.24, 2.45) is 0 Å². The Morgan fingerprint density at radius 3 is 2.76 bits per heavy atom. The van der Waals surface area contributed by atoms with Gasteiger partial charge in [0.05, 0.1) is 17.8 Å². The number of hydrogen-bond donors (Lipinski definition) is 2. The smallest absolute Gasteiger partial charge is 0.263 e. The van der Waals surface area contributed by atoms with Gasteiger partial charge in [0.2, 0.25) is 5.91 Å². The van der Waals surface area contributed by atoms with E-state index in [1.54, 1.807) is 4.68 Å². The molecule has 0 aliphatic carbocycles. The van der Waals surface area contributed by atoms with Crippen LogP contribution < -0.4 is 10.6 Å². The number of aromatic nitrogens is 2. The molecule has 0 unspecified atom stereocenters. The highest BCUT2D eigenvalue weighted by atomic mass is 16.2. The van der Waals surface area contributed by atoms with E-state index in [-0.39, 0.29) is 18.2 Å². The molecule has 2 aromatic rings. The summed E-state index contributed by atoms with van der Waals surface area (Å²) in [4.78, 5) is 23.6. The van der Waals surface area contributed by atoms with Crippen LogP contribution >= 0.6 is 0 Å². The van der Waals surface area contributed by atoms with Crippen molar-refractivity contribution in [1.82, 2.24) is 15.1 Å². The Bertz CT molecular complexity index is 691. The zero-order valence-electron chi connectivity index (χ0n) is 11.7. The van der Waals surface area contributed by atoms with Crippen LogP contribution in [0.3, 0.4) is 0 Å². The molecular formula is C15H16N4O2. The fourth-order valence-corrected chi connectivity index (χ4v) is 2.37. The highest BCUT2D eigenvalue weighted by Gasteiger charge is 2.30. The first-order valence-corrected chi connectivity index (χ1v) is 6.96. The second-order valence-electron chi connectivity index (χ2n) is 4.90.